The number of benzene rings is 2. The molecule has 0 saturated carbocycles. The Balaban J connectivity index is 2.16. The third-order valence-corrected chi connectivity index (χ3v) is 5.88. The lowest BCUT2D eigenvalue weighted by Gasteiger charge is -2.33. The van der Waals surface area contributed by atoms with Crippen molar-refractivity contribution in [3.05, 3.63) is 71.0 Å². The highest BCUT2D eigenvalue weighted by Gasteiger charge is 2.30. The monoisotopic (exact) mass is 444 g/mol. The molecule has 0 saturated heterocycles. The van der Waals surface area contributed by atoms with Crippen LogP contribution in [0.15, 0.2) is 48.5 Å². The summed E-state index contributed by atoms with van der Waals surface area (Å²) in [5, 5.41) is 3.02. The van der Waals surface area contributed by atoms with Gasteiger partial charge in [-0.05, 0) is 62.9 Å². The zero-order valence-corrected chi connectivity index (χ0v) is 19.9. The zero-order chi connectivity index (χ0) is 23.0. The van der Waals surface area contributed by atoms with Crippen LogP contribution >= 0.6 is 11.8 Å². The summed E-state index contributed by atoms with van der Waals surface area (Å²) >= 11 is 1.47. The van der Waals surface area contributed by atoms with Gasteiger partial charge in [-0.1, -0.05) is 43.3 Å². The van der Waals surface area contributed by atoms with E-state index in [9.17, 15) is 14.0 Å². The molecule has 0 aliphatic heterocycles. The standard InChI is InChI=1S/C25H33FN2O2S/c1-6-22(24(30)27-25(3,4)5)28(15-20-10-8-7-9-18(20)2)23(29)17-31-16-19-11-13-21(26)14-12-19/h7-14,22H,6,15-17H2,1-5H3,(H,27,30)/t22-/m0/s1. The van der Waals surface area contributed by atoms with Crippen molar-refractivity contribution in [3.63, 3.8) is 0 Å². The minimum Gasteiger partial charge on any atom is -0.350 e. The maximum Gasteiger partial charge on any atom is 0.243 e. The first-order valence-electron chi connectivity index (χ1n) is 10.6. The van der Waals surface area contributed by atoms with Crippen molar-refractivity contribution in [3.8, 4) is 0 Å². The molecule has 0 aromatic heterocycles. The molecule has 1 N–H and O–H groups in total. The normalized spacial score (nSPS) is 12.3. The Kier molecular flexibility index (Phi) is 9.11. The summed E-state index contributed by atoms with van der Waals surface area (Å²) in [6.07, 6.45) is 0.530. The lowest BCUT2D eigenvalue weighted by Crippen LogP contribution is -2.53. The molecule has 0 radical (unpaired) electrons. The molecule has 2 aromatic carbocycles. The van der Waals surface area contributed by atoms with Gasteiger partial charge in [-0.2, -0.15) is 0 Å². The predicted octanol–water partition coefficient (Wildman–Crippen LogP) is 5.09. The molecule has 0 aliphatic carbocycles. The Morgan fingerprint density at radius 2 is 1.74 bits per heavy atom. The summed E-state index contributed by atoms with van der Waals surface area (Å²) in [6.45, 7) is 10.1. The number of carbonyl (C=O) groups excluding carboxylic acids is 2. The van der Waals surface area contributed by atoms with E-state index in [-0.39, 0.29) is 28.9 Å². The third kappa shape index (κ3) is 8.02. The van der Waals surface area contributed by atoms with Gasteiger partial charge in [0, 0.05) is 17.8 Å². The molecule has 31 heavy (non-hydrogen) atoms. The molecule has 2 rings (SSSR count). The minimum atomic E-state index is -0.544. The zero-order valence-electron chi connectivity index (χ0n) is 19.1. The molecule has 2 aromatic rings. The molecule has 168 valence electrons. The highest BCUT2D eigenvalue weighted by atomic mass is 32.2. The molecular weight excluding hydrogens is 411 g/mol. The largest absolute Gasteiger partial charge is 0.350 e. The van der Waals surface area contributed by atoms with Crippen molar-refractivity contribution >= 4 is 23.6 Å². The van der Waals surface area contributed by atoms with Gasteiger partial charge in [0.25, 0.3) is 0 Å². The second kappa shape index (κ2) is 11.3. The van der Waals surface area contributed by atoms with E-state index in [0.29, 0.717) is 18.7 Å². The first-order chi connectivity index (χ1) is 14.6. The Bertz CT molecular complexity index is 878. The van der Waals surface area contributed by atoms with Gasteiger partial charge in [-0.3, -0.25) is 9.59 Å². The van der Waals surface area contributed by atoms with E-state index in [2.05, 4.69) is 5.32 Å². The maximum atomic E-state index is 13.2. The van der Waals surface area contributed by atoms with Crippen molar-refractivity contribution < 1.29 is 14.0 Å². The molecule has 2 amide bonds. The summed E-state index contributed by atoms with van der Waals surface area (Å²) in [6, 6.07) is 13.7. The molecule has 6 heteroatoms. The molecule has 0 fully saturated rings. The van der Waals surface area contributed by atoms with Gasteiger partial charge >= 0.3 is 0 Å². The summed E-state index contributed by atoms with van der Waals surface area (Å²) in [5.41, 5.74) is 2.70. The van der Waals surface area contributed by atoms with Crippen molar-refractivity contribution in [1.29, 1.82) is 0 Å². The van der Waals surface area contributed by atoms with Crippen molar-refractivity contribution in [2.45, 2.75) is 64.9 Å². The van der Waals surface area contributed by atoms with Gasteiger partial charge in [0.2, 0.25) is 11.8 Å². The van der Waals surface area contributed by atoms with Crippen LogP contribution in [-0.2, 0) is 21.9 Å². The summed E-state index contributed by atoms with van der Waals surface area (Å²) in [4.78, 5) is 27.9. The highest BCUT2D eigenvalue weighted by molar-refractivity contribution is 7.99. The van der Waals surface area contributed by atoms with Crippen LogP contribution in [0.25, 0.3) is 0 Å². The van der Waals surface area contributed by atoms with Crippen LogP contribution in [0.5, 0.6) is 0 Å². The van der Waals surface area contributed by atoms with E-state index in [1.54, 1.807) is 17.0 Å². The first-order valence-corrected chi connectivity index (χ1v) is 11.7. The highest BCUT2D eigenvalue weighted by Crippen LogP contribution is 2.19. The Hall–Kier alpha value is -2.34. The summed E-state index contributed by atoms with van der Waals surface area (Å²) in [5.74, 6) is 0.370. The Morgan fingerprint density at radius 3 is 2.32 bits per heavy atom. The maximum absolute atomic E-state index is 13.2. The number of nitrogens with one attached hydrogen (secondary N) is 1. The second-order valence-electron chi connectivity index (χ2n) is 8.73. The number of rotatable bonds is 9. The van der Waals surface area contributed by atoms with Crippen molar-refractivity contribution in [2.24, 2.45) is 0 Å². The van der Waals surface area contributed by atoms with Gasteiger partial charge in [-0.15, -0.1) is 11.8 Å². The lowest BCUT2D eigenvalue weighted by atomic mass is 10.0. The molecular formula is C25H33FN2O2S. The van der Waals surface area contributed by atoms with Crippen LogP contribution in [0.4, 0.5) is 4.39 Å². The van der Waals surface area contributed by atoms with E-state index in [4.69, 9.17) is 0 Å². The van der Waals surface area contributed by atoms with Crippen LogP contribution in [0.1, 0.15) is 50.8 Å². The van der Waals surface area contributed by atoms with Crippen molar-refractivity contribution in [1.82, 2.24) is 10.2 Å². The number of amides is 2. The number of hydrogen-bond acceptors (Lipinski definition) is 3. The number of aryl methyl sites for hydroxylation is 1. The number of carbonyl (C=O) groups is 2. The number of hydrogen-bond donors (Lipinski definition) is 1. The Morgan fingerprint density at radius 1 is 1.10 bits per heavy atom. The van der Waals surface area contributed by atoms with E-state index in [0.717, 1.165) is 16.7 Å². The topological polar surface area (TPSA) is 49.4 Å². The smallest absolute Gasteiger partial charge is 0.243 e. The number of thioether (sulfide) groups is 1. The van der Waals surface area contributed by atoms with E-state index in [1.165, 1.54) is 23.9 Å². The molecule has 1 atom stereocenters. The molecule has 0 heterocycles. The third-order valence-electron chi connectivity index (χ3n) is 4.89. The summed E-state index contributed by atoms with van der Waals surface area (Å²) < 4.78 is 13.1. The average Bonchev–Trinajstić information content (AvgIpc) is 2.69. The van der Waals surface area contributed by atoms with Gasteiger partial charge in [-0.25, -0.2) is 4.39 Å². The minimum absolute atomic E-state index is 0.0775. The molecule has 0 bridgehead atoms. The van der Waals surface area contributed by atoms with Gasteiger partial charge in [0.05, 0.1) is 5.75 Å². The van der Waals surface area contributed by atoms with E-state index in [1.807, 2.05) is 58.9 Å². The Labute approximate surface area is 189 Å². The van der Waals surface area contributed by atoms with Gasteiger partial charge in [0.15, 0.2) is 0 Å². The number of halogens is 1. The molecule has 4 nitrogen and oxygen atoms in total. The average molecular weight is 445 g/mol. The van der Waals surface area contributed by atoms with Crippen LogP contribution in [0.3, 0.4) is 0 Å². The lowest BCUT2D eigenvalue weighted by molar-refractivity contribution is -0.140. The fourth-order valence-electron chi connectivity index (χ4n) is 3.26. The van der Waals surface area contributed by atoms with Gasteiger partial charge < -0.3 is 10.2 Å². The van der Waals surface area contributed by atoms with Crippen LogP contribution in [0, 0.1) is 12.7 Å². The fourth-order valence-corrected chi connectivity index (χ4v) is 4.13. The van der Waals surface area contributed by atoms with Crippen LogP contribution < -0.4 is 5.32 Å². The van der Waals surface area contributed by atoms with Crippen LogP contribution in [-0.4, -0.2) is 34.0 Å². The fraction of sp³-hybridized carbons (Fsp3) is 0.440. The molecule has 0 unspecified atom stereocenters. The van der Waals surface area contributed by atoms with Crippen LogP contribution in [0.2, 0.25) is 0 Å². The second-order valence-corrected chi connectivity index (χ2v) is 9.72. The van der Waals surface area contributed by atoms with E-state index < -0.39 is 6.04 Å². The quantitative estimate of drug-likeness (QED) is 0.586. The van der Waals surface area contributed by atoms with E-state index >= 15 is 0 Å². The SMILES string of the molecule is CC[C@@H](C(=O)NC(C)(C)C)N(Cc1ccccc1C)C(=O)CSCc1ccc(F)cc1. The molecule has 0 spiro atoms. The number of nitrogens with zero attached hydrogens (tertiary/aromatic N) is 1. The first kappa shape index (κ1) is 24.9. The molecule has 0 aliphatic rings. The van der Waals surface area contributed by atoms with Crippen molar-refractivity contribution in [2.75, 3.05) is 5.75 Å². The summed E-state index contributed by atoms with van der Waals surface area (Å²) in [7, 11) is 0. The van der Waals surface area contributed by atoms with Gasteiger partial charge in [0.1, 0.15) is 11.9 Å². The predicted molar refractivity (Wildman–Crippen MR) is 126 cm³/mol.